The van der Waals surface area contributed by atoms with E-state index in [0.717, 1.165) is 12.7 Å². The van der Waals surface area contributed by atoms with E-state index in [1.54, 1.807) is 6.08 Å². The van der Waals surface area contributed by atoms with Crippen LogP contribution in [-0.2, 0) is 4.79 Å². The summed E-state index contributed by atoms with van der Waals surface area (Å²) in [6.45, 7) is 3.44. The van der Waals surface area contributed by atoms with Crippen LogP contribution in [0, 0.1) is 0 Å². The molecule has 0 heterocycles. The maximum absolute atomic E-state index is 9.52. The number of allylic oxidation sites excluding steroid dienone is 1. The Bertz CT molecular complexity index is 120. The molecular weight excluding hydrogens is 184 g/mol. The molecule has 0 amide bonds. The van der Waals surface area contributed by atoms with Crippen LogP contribution in [0.2, 0.25) is 0 Å². The SMILES string of the molecule is C=CCCC=O.ClC1CCCCC1. The average molecular weight is 203 g/mol. The van der Waals surface area contributed by atoms with Gasteiger partial charge in [0.2, 0.25) is 0 Å². The van der Waals surface area contributed by atoms with E-state index in [1.807, 2.05) is 0 Å². The Kier molecular flexibility index (Phi) is 9.56. The van der Waals surface area contributed by atoms with Crippen LogP contribution in [0.15, 0.2) is 12.7 Å². The summed E-state index contributed by atoms with van der Waals surface area (Å²) in [5.74, 6) is 0. The van der Waals surface area contributed by atoms with Gasteiger partial charge in [0.25, 0.3) is 0 Å². The number of rotatable bonds is 3. The molecule has 0 spiro atoms. The first-order chi connectivity index (χ1) is 6.31. The Morgan fingerprint density at radius 1 is 1.23 bits per heavy atom. The third-order valence-corrected chi connectivity index (χ3v) is 2.46. The number of halogens is 1. The standard InChI is InChI=1S/C6H11Cl.C5H8O/c7-6-4-2-1-3-5-6;1-2-3-4-5-6/h6H,1-5H2;2,5H,1,3-4H2. The van der Waals surface area contributed by atoms with Crippen molar-refractivity contribution in [3.05, 3.63) is 12.7 Å². The summed E-state index contributed by atoms with van der Waals surface area (Å²) in [6, 6.07) is 0. The van der Waals surface area contributed by atoms with Crippen LogP contribution < -0.4 is 0 Å². The van der Waals surface area contributed by atoms with E-state index in [1.165, 1.54) is 32.1 Å². The summed E-state index contributed by atoms with van der Waals surface area (Å²) in [7, 11) is 0. The van der Waals surface area contributed by atoms with Crippen LogP contribution >= 0.6 is 11.6 Å². The Balaban J connectivity index is 0.000000226. The maximum Gasteiger partial charge on any atom is 0.120 e. The van der Waals surface area contributed by atoms with Crippen molar-refractivity contribution in [1.82, 2.24) is 0 Å². The third kappa shape index (κ3) is 9.62. The third-order valence-electron chi connectivity index (χ3n) is 2.02. The van der Waals surface area contributed by atoms with Crippen LogP contribution in [0.4, 0.5) is 0 Å². The number of carbonyl (C=O) groups is 1. The summed E-state index contributed by atoms with van der Waals surface area (Å²) in [5.41, 5.74) is 0. The lowest BCUT2D eigenvalue weighted by Crippen LogP contribution is -2.03. The number of hydrogen-bond donors (Lipinski definition) is 0. The molecule has 1 aliphatic carbocycles. The summed E-state index contributed by atoms with van der Waals surface area (Å²) in [6.07, 6.45) is 10.7. The molecule has 0 saturated heterocycles. The van der Waals surface area contributed by atoms with E-state index in [2.05, 4.69) is 6.58 Å². The fraction of sp³-hybridized carbons (Fsp3) is 0.727. The second kappa shape index (κ2) is 9.79. The van der Waals surface area contributed by atoms with Gasteiger partial charge in [0.15, 0.2) is 0 Å². The molecule has 0 radical (unpaired) electrons. The minimum atomic E-state index is 0.508. The van der Waals surface area contributed by atoms with Crippen molar-refractivity contribution in [1.29, 1.82) is 0 Å². The topological polar surface area (TPSA) is 17.1 Å². The zero-order valence-electron chi connectivity index (χ0n) is 8.18. The fourth-order valence-corrected chi connectivity index (χ4v) is 1.55. The number of aldehydes is 1. The summed E-state index contributed by atoms with van der Waals surface area (Å²) in [4.78, 5) is 9.52. The number of hydrogen-bond acceptors (Lipinski definition) is 1. The van der Waals surface area contributed by atoms with Crippen molar-refractivity contribution in [2.24, 2.45) is 0 Å². The van der Waals surface area contributed by atoms with Gasteiger partial charge in [-0.25, -0.2) is 0 Å². The minimum absolute atomic E-state index is 0.508. The van der Waals surface area contributed by atoms with Crippen LogP contribution in [0.1, 0.15) is 44.9 Å². The maximum atomic E-state index is 9.52. The van der Waals surface area contributed by atoms with Crippen LogP contribution in [-0.4, -0.2) is 11.7 Å². The summed E-state index contributed by atoms with van der Waals surface area (Å²) >= 11 is 5.82. The van der Waals surface area contributed by atoms with Crippen molar-refractivity contribution in [2.75, 3.05) is 0 Å². The van der Waals surface area contributed by atoms with E-state index in [9.17, 15) is 4.79 Å². The summed E-state index contributed by atoms with van der Waals surface area (Å²) < 4.78 is 0. The Morgan fingerprint density at radius 2 is 1.85 bits per heavy atom. The Morgan fingerprint density at radius 3 is 2.08 bits per heavy atom. The predicted molar refractivity (Wildman–Crippen MR) is 58.2 cm³/mol. The zero-order chi connectivity index (χ0) is 9.94. The zero-order valence-corrected chi connectivity index (χ0v) is 8.93. The first-order valence-corrected chi connectivity index (χ1v) is 5.43. The molecule has 76 valence electrons. The van der Waals surface area contributed by atoms with Crippen molar-refractivity contribution < 1.29 is 4.79 Å². The van der Waals surface area contributed by atoms with Gasteiger partial charge in [0.1, 0.15) is 6.29 Å². The van der Waals surface area contributed by atoms with Crippen LogP contribution in [0.3, 0.4) is 0 Å². The van der Waals surface area contributed by atoms with Gasteiger partial charge < -0.3 is 4.79 Å². The molecule has 0 aromatic carbocycles. The highest BCUT2D eigenvalue weighted by Crippen LogP contribution is 2.21. The quantitative estimate of drug-likeness (QED) is 0.295. The molecule has 0 aromatic heterocycles. The molecule has 0 unspecified atom stereocenters. The lowest BCUT2D eigenvalue weighted by Gasteiger charge is -2.13. The molecule has 1 aliphatic rings. The van der Waals surface area contributed by atoms with Gasteiger partial charge in [-0.15, -0.1) is 18.2 Å². The molecule has 0 atom stereocenters. The summed E-state index contributed by atoms with van der Waals surface area (Å²) in [5, 5.41) is 0.508. The van der Waals surface area contributed by atoms with E-state index < -0.39 is 0 Å². The molecule has 1 fully saturated rings. The van der Waals surface area contributed by atoms with Crippen molar-refractivity contribution in [3.63, 3.8) is 0 Å². The molecule has 1 nitrogen and oxygen atoms in total. The molecule has 1 saturated carbocycles. The van der Waals surface area contributed by atoms with E-state index in [0.29, 0.717) is 11.8 Å². The highest BCUT2D eigenvalue weighted by Gasteiger charge is 2.08. The van der Waals surface area contributed by atoms with Gasteiger partial charge in [0.05, 0.1) is 0 Å². The monoisotopic (exact) mass is 202 g/mol. The lowest BCUT2D eigenvalue weighted by atomic mass is 10.0. The normalized spacial score (nSPS) is 17.0. The van der Waals surface area contributed by atoms with Crippen molar-refractivity contribution in [3.8, 4) is 0 Å². The van der Waals surface area contributed by atoms with Gasteiger partial charge in [-0.05, 0) is 19.3 Å². The van der Waals surface area contributed by atoms with Gasteiger partial charge in [-0.2, -0.15) is 0 Å². The Hall–Kier alpha value is -0.300. The molecule has 13 heavy (non-hydrogen) atoms. The van der Waals surface area contributed by atoms with Gasteiger partial charge in [-0.1, -0.05) is 25.3 Å². The van der Waals surface area contributed by atoms with E-state index in [4.69, 9.17) is 11.6 Å². The van der Waals surface area contributed by atoms with Crippen LogP contribution in [0.5, 0.6) is 0 Å². The van der Waals surface area contributed by atoms with Gasteiger partial charge in [-0.3, -0.25) is 0 Å². The average Bonchev–Trinajstić information content (AvgIpc) is 2.17. The van der Waals surface area contributed by atoms with Gasteiger partial charge in [0, 0.05) is 11.8 Å². The molecule has 0 bridgehead atoms. The first-order valence-electron chi connectivity index (χ1n) is 5.00. The second-order valence-corrected chi connectivity index (χ2v) is 3.89. The molecular formula is C11H19ClO. The minimum Gasteiger partial charge on any atom is -0.303 e. The van der Waals surface area contributed by atoms with E-state index in [-0.39, 0.29) is 0 Å². The largest absolute Gasteiger partial charge is 0.303 e. The van der Waals surface area contributed by atoms with Crippen molar-refractivity contribution in [2.45, 2.75) is 50.3 Å². The molecule has 0 aliphatic heterocycles. The molecule has 0 N–H and O–H groups in total. The predicted octanol–water partition coefficient (Wildman–Crippen LogP) is 3.71. The number of alkyl halides is 1. The number of carbonyl (C=O) groups excluding carboxylic acids is 1. The lowest BCUT2D eigenvalue weighted by molar-refractivity contribution is -0.107. The second-order valence-electron chi connectivity index (χ2n) is 3.27. The Labute approximate surface area is 86.2 Å². The smallest absolute Gasteiger partial charge is 0.120 e. The first kappa shape index (κ1) is 12.7. The van der Waals surface area contributed by atoms with E-state index >= 15 is 0 Å². The van der Waals surface area contributed by atoms with Crippen LogP contribution in [0.25, 0.3) is 0 Å². The van der Waals surface area contributed by atoms with Crippen molar-refractivity contribution >= 4 is 17.9 Å². The fourth-order valence-electron chi connectivity index (χ4n) is 1.24. The molecule has 0 aromatic rings. The highest BCUT2D eigenvalue weighted by molar-refractivity contribution is 6.20. The molecule has 2 heteroatoms. The number of unbranched alkanes of at least 4 members (excludes halogenated alkanes) is 1. The van der Waals surface area contributed by atoms with Gasteiger partial charge >= 0.3 is 0 Å². The highest BCUT2D eigenvalue weighted by atomic mass is 35.5. The molecule has 1 rings (SSSR count).